The zero-order valence-corrected chi connectivity index (χ0v) is 12.1. The zero-order chi connectivity index (χ0) is 15.1. The van der Waals surface area contributed by atoms with Gasteiger partial charge in [0.25, 0.3) is 5.91 Å². The van der Waals surface area contributed by atoms with Crippen molar-refractivity contribution in [3.8, 4) is 0 Å². The summed E-state index contributed by atoms with van der Waals surface area (Å²) in [5, 5.41) is 11.9. The summed E-state index contributed by atoms with van der Waals surface area (Å²) in [6.07, 6.45) is 2.96. The largest absolute Gasteiger partial charge is 0.481 e. The molecule has 20 heavy (non-hydrogen) atoms. The molecule has 6 heteroatoms. The van der Waals surface area contributed by atoms with Crippen LogP contribution in [0.3, 0.4) is 0 Å². The van der Waals surface area contributed by atoms with Crippen molar-refractivity contribution in [1.29, 1.82) is 0 Å². The van der Waals surface area contributed by atoms with E-state index >= 15 is 0 Å². The minimum absolute atomic E-state index is 0.145. The molecule has 1 rings (SSSR count). The number of amides is 1. The number of hydrogen-bond donors (Lipinski definition) is 2. The highest BCUT2D eigenvalue weighted by Gasteiger charge is 2.11. The summed E-state index contributed by atoms with van der Waals surface area (Å²) in [5.74, 6) is -1.25. The Balaban J connectivity index is 2.47. The van der Waals surface area contributed by atoms with E-state index in [1.54, 1.807) is 39.3 Å². The lowest BCUT2D eigenvalue weighted by Crippen LogP contribution is -2.22. The molecule has 0 radical (unpaired) electrons. The van der Waals surface area contributed by atoms with Crippen LogP contribution in [0.1, 0.15) is 30.3 Å². The Bertz CT molecular complexity index is 474. The standard InChI is InChI=1S/C14H21N3O3/c1-10(14(19)20)5-4-7-15-11-6-8-16-12(9-11)13(18)17(2)3/h6,8-10H,4-5,7H2,1-3H3,(H,15,16)(H,19,20). The molecular formula is C14H21N3O3. The van der Waals surface area contributed by atoms with Crippen LogP contribution in [0, 0.1) is 5.92 Å². The number of pyridine rings is 1. The second-order valence-electron chi connectivity index (χ2n) is 4.94. The van der Waals surface area contributed by atoms with Gasteiger partial charge in [0.1, 0.15) is 5.69 Å². The second-order valence-corrected chi connectivity index (χ2v) is 4.94. The van der Waals surface area contributed by atoms with Gasteiger partial charge in [-0.1, -0.05) is 6.92 Å². The molecule has 1 atom stereocenters. The van der Waals surface area contributed by atoms with Crippen LogP contribution in [0.4, 0.5) is 5.69 Å². The van der Waals surface area contributed by atoms with Crippen molar-refractivity contribution in [3.63, 3.8) is 0 Å². The number of carboxylic acid groups (broad SMARTS) is 1. The molecule has 1 heterocycles. The van der Waals surface area contributed by atoms with Crippen molar-refractivity contribution in [2.24, 2.45) is 5.92 Å². The van der Waals surface area contributed by atoms with Gasteiger partial charge >= 0.3 is 5.97 Å². The molecule has 0 saturated carbocycles. The van der Waals surface area contributed by atoms with Gasteiger partial charge in [-0.25, -0.2) is 0 Å². The van der Waals surface area contributed by atoms with Crippen molar-refractivity contribution in [3.05, 3.63) is 24.0 Å². The predicted molar refractivity (Wildman–Crippen MR) is 76.8 cm³/mol. The minimum Gasteiger partial charge on any atom is -0.481 e. The molecule has 0 aromatic carbocycles. The van der Waals surface area contributed by atoms with Gasteiger partial charge in [-0.2, -0.15) is 0 Å². The summed E-state index contributed by atoms with van der Waals surface area (Å²) in [5.41, 5.74) is 1.20. The topological polar surface area (TPSA) is 82.5 Å². The molecule has 0 aliphatic carbocycles. The number of carbonyl (C=O) groups excluding carboxylic acids is 1. The summed E-state index contributed by atoms with van der Waals surface area (Å²) in [6.45, 7) is 2.36. The Labute approximate surface area is 118 Å². The highest BCUT2D eigenvalue weighted by atomic mass is 16.4. The fourth-order valence-electron chi connectivity index (χ4n) is 1.65. The molecule has 1 unspecified atom stereocenters. The van der Waals surface area contributed by atoms with E-state index in [1.165, 1.54) is 4.90 Å². The van der Waals surface area contributed by atoms with Gasteiger partial charge in [-0.05, 0) is 25.0 Å². The number of nitrogens with one attached hydrogen (secondary N) is 1. The van der Waals surface area contributed by atoms with Crippen LogP contribution >= 0.6 is 0 Å². The highest BCUT2D eigenvalue weighted by Crippen LogP contribution is 2.11. The Hall–Kier alpha value is -2.11. The third-order valence-electron chi connectivity index (χ3n) is 2.95. The zero-order valence-electron chi connectivity index (χ0n) is 12.1. The summed E-state index contributed by atoms with van der Waals surface area (Å²) in [7, 11) is 3.36. The van der Waals surface area contributed by atoms with Gasteiger partial charge in [0.15, 0.2) is 0 Å². The summed E-state index contributed by atoms with van der Waals surface area (Å²) >= 11 is 0. The summed E-state index contributed by atoms with van der Waals surface area (Å²) in [4.78, 5) is 27.9. The average Bonchev–Trinajstić information content (AvgIpc) is 2.42. The van der Waals surface area contributed by atoms with Crippen LogP contribution in [0.2, 0.25) is 0 Å². The number of rotatable bonds is 7. The number of carbonyl (C=O) groups is 2. The molecular weight excluding hydrogens is 258 g/mol. The smallest absolute Gasteiger partial charge is 0.306 e. The van der Waals surface area contributed by atoms with E-state index in [2.05, 4.69) is 10.3 Å². The quantitative estimate of drug-likeness (QED) is 0.742. The maximum Gasteiger partial charge on any atom is 0.306 e. The number of nitrogens with zero attached hydrogens (tertiary/aromatic N) is 2. The van der Waals surface area contributed by atoms with E-state index in [4.69, 9.17) is 5.11 Å². The number of aromatic nitrogens is 1. The van der Waals surface area contributed by atoms with E-state index < -0.39 is 5.97 Å². The maximum atomic E-state index is 11.8. The van der Waals surface area contributed by atoms with Crippen molar-refractivity contribution in [2.75, 3.05) is 26.0 Å². The van der Waals surface area contributed by atoms with Crippen molar-refractivity contribution < 1.29 is 14.7 Å². The highest BCUT2D eigenvalue weighted by molar-refractivity contribution is 5.92. The molecule has 1 aromatic heterocycles. The third-order valence-corrected chi connectivity index (χ3v) is 2.95. The Morgan fingerprint density at radius 1 is 1.45 bits per heavy atom. The summed E-state index contributed by atoms with van der Waals surface area (Å²) < 4.78 is 0. The lowest BCUT2D eigenvalue weighted by atomic mass is 10.1. The molecule has 2 N–H and O–H groups in total. The molecule has 110 valence electrons. The average molecular weight is 279 g/mol. The Kier molecular flexibility index (Phi) is 5.96. The van der Waals surface area contributed by atoms with Crippen LogP contribution < -0.4 is 5.32 Å². The van der Waals surface area contributed by atoms with E-state index in [0.29, 0.717) is 18.7 Å². The predicted octanol–water partition coefficient (Wildman–Crippen LogP) is 1.70. The third kappa shape index (κ3) is 4.87. The van der Waals surface area contributed by atoms with Crippen LogP contribution in [0.5, 0.6) is 0 Å². The molecule has 0 aliphatic heterocycles. The maximum absolute atomic E-state index is 11.8. The van der Waals surface area contributed by atoms with E-state index in [9.17, 15) is 9.59 Å². The molecule has 1 aromatic rings. The van der Waals surface area contributed by atoms with Gasteiger partial charge in [0.2, 0.25) is 0 Å². The Morgan fingerprint density at radius 3 is 2.75 bits per heavy atom. The first-order valence-corrected chi connectivity index (χ1v) is 6.56. The van der Waals surface area contributed by atoms with Crippen molar-refractivity contribution in [2.45, 2.75) is 19.8 Å². The lowest BCUT2D eigenvalue weighted by Gasteiger charge is -2.11. The number of carboxylic acids is 1. The molecule has 0 fully saturated rings. The van der Waals surface area contributed by atoms with E-state index in [-0.39, 0.29) is 11.8 Å². The molecule has 6 nitrogen and oxygen atoms in total. The number of aliphatic carboxylic acids is 1. The fourth-order valence-corrected chi connectivity index (χ4v) is 1.65. The first-order valence-electron chi connectivity index (χ1n) is 6.56. The minimum atomic E-state index is -0.771. The van der Waals surface area contributed by atoms with Crippen LogP contribution in [0.25, 0.3) is 0 Å². The molecule has 1 amide bonds. The van der Waals surface area contributed by atoms with Gasteiger partial charge in [0.05, 0.1) is 5.92 Å². The van der Waals surface area contributed by atoms with Gasteiger partial charge in [-0.3, -0.25) is 14.6 Å². The van der Waals surface area contributed by atoms with Gasteiger partial charge < -0.3 is 15.3 Å². The van der Waals surface area contributed by atoms with Crippen molar-refractivity contribution >= 4 is 17.6 Å². The normalized spacial score (nSPS) is 11.8. The van der Waals surface area contributed by atoms with Crippen LogP contribution in [-0.2, 0) is 4.79 Å². The monoisotopic (exact) mass is 279 g/mol. The van der Waals surface area contributed by atoms with Crippen LogP contribution in [0.15, 0.2) is 18.3 Å². The SMILES string of the molecule is CC(CCCNc1ccnc(C(=O)N(C)C)c1)C(=O)O. The van der Waals surface area contributed by atoms with E-state index in [0.717, 1.165) is 12.1 Å². The number of hydrogen-bond acceptors (Lipinski definition) is 4. The fraction of sp³-hybridized carbons (Fsp3) is 0.500. The van der Waals surface area contributed by atoms with Crippen LogP contribution in [-0.4, -0.2) is 47.5 Å². The molecule has 0 saturated heterocycles. The summed E-state index contributed by atoms with van der Waals surface area (Å²) in [6, 6.07) is 3.48. The molecule has 0 aliphatic rings. The first-order chi connectivity index (χ1) is 9.41. The second kappa shape index (κ2) is 7.47. The van der Waals surface area contributed by atoms with Gasteiger partial charge in [0, 0.05) is 32.5 Å². The van der Waals surface area contributed by atoms with Crippen molar-refractivity contribution in [1.82, 2.24) is 9.88 Å². The number of anilines is 1. The lowest BCUT2D eigenvalue weighted by molar-refractivity contribution is -0.141. The molecule has 0 spiro atoms. The van der Waals surface area contributed by atoms with E-state index in [1.807, 2.05) is 0 Å². The molecule has 0 bridgehead atoms. The first kappa shape index (κ1) is 15.9. The Morgan fingerprint density at radius 2 is 2.15 bits per heavy atom. The van der Waals surface area contributed by atoms with Gasteiger partial charge in [-0.15, -0.1) is 0 Å².